The first-order valence-corrected chi connectivity index (χ1v) is 6.82. The third-order valence-electron chi connectivity index (χ3n) is 4.18. The Hall–Kier alpha value is -1.37. The van der Waals surface area contributed by atoms with Crippen molar-refractivity contribution in [3.8, 4) is 0 Å². The lowest BCUT2D eigenvalue weighted by molar-refractivity contribution is 0.0776. The molecule has 3 rings (SSSR count). The number of halogens is 2. The van der Waals surface area contributed by atoms with Gasteiger partial charge in [0.05, 0.1) is 5.56 Å². The summed E-state index contributed by atoms with van der Waals surface area (Å²) in [5.41, 5.74) is 8.01. The summed E-state index contributed by atoms with van der Waals surface area (Å²) in [7, 11) is 0. The van der Waals surface area contributed by atoms with E-state index in [0.29, 0.717) is 24.3 Å². The van der Waals surface area contributed by atoms with E-state index in [0.717, 1.165) is 24.0 Å². The molecule has 6 nitrogen and oxygen atoms in total. The van der Waals surface area contributed by atoms with Crippen LogP contribution in [0.15, 0.2) is 12.3 Å². The molecule has 2 aromatic rings. The number of carbonyl (C=O) groups is 1. The van der Waals surface area contributed by atoms with Crippen LogP contribution in [0.4, 0.5) is 0 Å². The lowest BCUT2D eigenvalue weighted by atomic mass is 9.90. The molecule has 8 heteroatoms. The van der Waals surface area contributed by atoms with Crippen molar-refractivity contribution in [1.29, 1.82) is 0 Å². The first-order chi connectivity index (χ1) is 9.52. The van der Waals surface area contributed by atoms with Gasteiger partial charge >= 0.3 is 0 Å². The first-order valence-electron chi connectivity index (χ1n) is 6.82. The third kappa shape index (κ3) is 3.19. The summed E-state index contributed by atoms with van der Waals surface area (Å²) < 4.78 is 0. The molecule has 0 aromatic carbocycles. The van der Waals surface area contributed by atoms with Crippen molar-refractivity contribution >= 4 is 41.8 Å². The number of rotatable bonds is 2. The molecule has 1 saturated heterocycles. The van der Waals surface area contributed by atoms with Crippen molar-refractivity contribution in [2.45, 2.75) is 20.3 Å². The van der Waals surface area contributed by atoms with Gasteiger partial charge in [0.2, 0.25) is 0 Å². The Morgan fingerprint density at radius 3 is 2.86 bits per heavy atom. The smallest absolute Gasteiger partial charge is 0.255 e. The Kier molecular flexibility index (Phi) is 5.78. The fraction of sp³-hybridized carbons (Fsp3) is 0.500. The molecule has 1 fully saturated rings. The van der Waals surface area contributed by atoms with Crippen LogP contribution in [0, 0.1) is 12.3 Å². The summed E-state index contributed by atoms with van der Waals surface area (Å²) in [6, 6.07) is 1.86. The van der Waals surface area contributed by atoms with Crippen LogP contribution in [0.2, 0.25) is 0 Å². The number of hydrogen-bond donors (Lipinski definition) is 2. The van der Waals surface area contributed by atoms with Crippen molar-refractivity contribution in [3.63, 3.8) is 0 Å². The maximum atomic E-state index is 12.5. The van der Waals surface area contributed by atoms with Gasteiger partial charge in [0.15, 0.2) is 5.65 Å². The van der Waals surface area contributed by atoms with Gasteiger partial charge in [-0.25, -0.2) is 4.98 Å². The quantitative estimate of drug-likeness (QED) is 0.870. The topological polar surface area (TPSA) is 87.9 Å². The zero-order valence-corrected chi connectivity index (χ0v) is 14.3. The Balaban J connectivity index is 0.00000121. The SMILES string of the molecule is Cc1[nH]nc2ncc(C(=O)N3CCC(C)(CN)C3)cc12.Cl.Cl. The molecule has 122 valence electrons. The highest BCUT2D eigenvalue weighted by Gasteiger charge is 2.35. The van der Waals surface area contributed by atoms with E-state index in [1.165, 1.54) is 0 Å². The molecule has 0 saturated carbocycles. The molecule has 2 aromatic heterocycles. The molecule has 1 aliphatic heterocycles. The molecule has 0 radical (unpaired) electrons. The number of likely N-dealkylation sites (tertiary alicyclic amines) is 1. The molecule has 1 unspecified atom stereocenters. The number of aryl methyl sites for hydroxylation is 1. The number of H-pyrrole nitrogens is 1. The van der Waals surface area contributed by atoms with Crippen molar-refractivity contribution < 1.29 is 4.79 Å². The number of carbonyl (C=O) groups excluding carboxylic acids is 1. The molecule has 22 heavy (non-hydrogen) atoms. The van der Waals surface area contributed by atoms with Crippen molar-refractivity contribution in [2.24, 2.45) is 11.1 Å². The minimum atomic E-state index is 0. The largest absolute Gasteiger partial charge is 0.338 e. The minimum Gasteiger partial charge on any atom is -0.338 e. The molecule has 1 amide bonds. The fourth-order valence-corrected chi connectivity index (χ4v) is 2.68. The van der Waals surface area contributed by atoms with Gasteiger partial charge in [0, 0.05) is 30.4 Å². The van der Waals surface area contributed by atoms with Crippen LogP contribution in [0.3, 0.4) is 0 Å². The second-order valence-electron chi connectivity index (χ2n) is 5.94. The van der Waals surface area contributed by atoms with E-state index >= 15 is 0 Å². The first kappa shape index (κ1) is 18.7. The number of aromatic nitrogens is 3. The standard InChI is InChI=1S/C14H19N5O.2ClH/c1-9-11-5-10(6-16-12(11)18-17-9)13(20)19-4-3-14(2,7-15)8-19;;/h5-6H,3-4,7-8,15H2,1-2H3,(H,16,17,18);2*1H. The van der Waals surface area contributed by atoms with Gasteiger partial charge in [-0.1, -0.05) is 6.92 Å². The Morgan fingerprint density at radius 2 is 2.23 bits per heavy atom. The fourth-order valence-electron chi connectivity index (χ4n) is 2.68. The minimum absolute atomic E-state index is 0. The van der Waals surface area contributed by atoms with Crippen LogP contribution in [-0.2, 0) is 0 Å². The van der Waals surface area contributed by atoms with Gasteiger partial charge in [-0.15, -0.1) is 24.8 Å². The van der Waals surface area contributed by atoms with Crippen LogP contribution < -0.4 is 5.73 Å². The molecular weight excluding hydrogens is 325 g/mol. The second kappa shape index (κ2) is 6.81. The zero-order valence-electron chi connectivity index (χ0n) is 12.6. The van der Waals surface area contributed by atoms with Crippen LogP contribution >= 0.6 is 24.8 Å². The number of nitrogens with zero attached hydrogens (tertiary/aromatic N) is 3. The number of amides is 1. The summed E-state index contributed by atoms with van der Waals surface area (Å²) >= 11 is 0. The van der Waals surface area contributed by atoms with Crippen LogP contribution in [0.25, 0.3) is 11.0 Å². The highest BCUT2D eigenvalue weighted by molar-refractivity contribution is 5.97. The maximum Gasteiger partial charge on any atom is 0.255 e. The number of fused-ring (bicyclic) bond motifs is 1. The predicted octanol–water partition coefficient (Wildman–Crippen LogP) is 1.92. The number of pyridine rings is 1. The predicted molar refractivity (Wildman–Crippen MR) is 90.8 cm³/mol. The van der Waals surface area contributed by atoms with E-state index in [2.05, 4.69) is 22.1 Å². The average Bonchev–Trinajstić information content (AvgIpc) is 3.03. The number of nitrogens with one attached hydrogen (secondary N) is 1. The van der Waals surface area contributed by atoms with E-state index < -0.39 is 0 Å². The number of aromatic amines is 1. The van der Waals surface area contributed by atoms with Gasteiger partial charge < -0.3 is 10.6 Å². The van der Waals surface area contributed by atoms with Crippen LogP contribution in [0.5, 0.6) is 0 Å². The number of nitrogens with two attached hydrogens (primary N) is 1. The molecule has 0 aliphatic carbocycles. The van der Waals surface area contributed by atoms with Gasteiger partial charge in [0.1, 0.15) is 0 Å². The summed E-state index contributed by atoms with van der Waals surface area (Å²) in [6.45, 7) is 6.13. The second-order valence-corrected chi connectivity index (χ2v) is 5.94. The van der Waals surface area contributed by atoms with Crippen molar-refractivity contribution in [2.75, 3.05) is 19.6 Å². The normalized spacial score (nSPS) is 20.6. The molecule has 3 heterocycles. The van der Waals surface area contributed by atoms with Crippen molar-refractivity contribution in [1.82, 2.24) is 20.1 Å². The van der Waals surface area contributed by atoms with Gasteiger partial charge in [0.25, 0.3) is 5.91 Å². The maximum absolute atomic E-state index is 12.5. The molecule has 0 spiro atoms. The van der Waals surface area contributed by atoms with Crippen molar-refractivity contribution in [3.05, 3.63) is 23.5 Å². The molecule has 1 aliphatic rings. The molecule has 0 bridgehead atoms. The van der Waals surface area contributed by atoms with Gasteiger partial charge in [-0.2, -0.15) is 5.10 Å². The van der Waals surface area contributed by atoms with E-state index in [1.807, 2.05) is 17.9 Å². The van der Waals surface area contributed by atoms with E-state index in [1.54, 1.807) is 6.20 Å². The highest BCUT2D eigenvalue weighted by atomic mass is 35.5. The highest BCUT2D eigenvalue weighted by Crippen LogP contribution is 2.29. The lowest BCUT2D eigenvalue weighted by Gasteiger charge is -2.22. The lowest BCUT2D eigenvalue weighted by Crippen LogP contribution is -2.34. The zero-order chi connectivity index (χ0) is 14.3. The summed E-state index contributed by atoms with van der Waals surface area (Å²) in [5, 5.41) is 7.86. The summed E-state index contributed by atoms with van der Waals surface area (Å²) in [6.07, 6.45) is 2.55. The van der Waals surface area contributed by atoms with E-state index in [9.17, 15) is 4.79 Å². The Labute approximate surface area is 141 Å². The number of hydrogen-bond acceptors (Lipinski definition) is 4. The average molecular weight is 346 g/mol. The van der Waals surface area contributed by atoms with Crippen LogP contribution in [0.1, 0.15) is 29.4 Å². The Bertz CT molecular complexity index is 674. The van der Waals surface area contributed by atoms with E-state index in [-0.39, 0.29) is 36.1 Å². The molecular formula is C14H21Cl2N5O. The summed E-state index contributed by atoms with van der Waals surface area (Å²) in [5.74, 6) is 0.0252. The third-order valence-corrected chi connectivity index (χ3v) is 4.18. The molecule has 1 atom stereocenters. The van der Waals surface area contributed by atoms with E-state index in [4.69, 9.17) is 5.73 Å². The molecule has 3 N–H and O–H groups in total. The monoisotopic (exact) mass is 345 g/mol. The van der Waals surface area contributed by atoms with Crippen LogP contribution in [-0.4, -0.2) is 45.6 Å². The van der Waals surface area contributed by atoms with Gasteiger partial charge in [-0.3, -0.25) is 9.89 Å². The Morgan fingerprint density at radius 1 is 1.50 bits per heavy atom. The van der Waals surface area contributed by atoms with Gasteiger partial charge in [-0.05, 0) is 31.4 Å². The summed E-state index contributed by atoms with van der Waals surface area (Å²) in [4.78, 5) is 18.6.